The van der Waals surface area contributed by atoms with Crippen molar-refractivity contribution in [3.63, 3.8) is 0 Å². The van der Waals surface area contributed by atoms with E-state index in [9.17, 15) is 4.79 Å². The second-order valence-corrected chi connectivity index (χ2v) is 5.43. The van der Waals surface area contributed by atoms with Crippen molar-refractivity contribution < 1.29 is 9.90 Å². The summed E-state index contributed by atoms with van der Waals surface area (Å²) in [5.74, 6) is -0.954. The zero-order valence-electron chi connectivity index (χ0n) is 11.9. The van der Waals surface area contributed by atoms with E-state index >= 15 is 0 Å². The van der Waals surface area contributed by atoms with E-state index in [1.807, 2.05) is 0 Å². The highest BCUT2D eigenvalue weighted by Gasteiger charge is 2.16. The van der Waals surface area contributed by atoms with Gasteiger partial charge in [0.2, 0.25) is 0 Å². The lowest BCUT2D eigenvalue weighted by molar-refractivity contribution is 0.0697. The van der Waals surface area contributed by atoms with Crippen LogP contribution in [0.5, 0.6) is 0 Å². The van der Waals surface area contributed by atoms with Crippen molar-refractivity contribution in [1.82, 2.24) is 4.90 Å². The van der Waals surface area contributed by atoms with Gasteiger partial charge >= 0.3 is 5.97 Å². The fourth-order valence-electron chi connectivity index (χ4n) is 2.60. The monoisotopic (exact) mass is 277 g/mol. The van der Waals surface area contributed by atoms with E-state index in [4.69, 9.17) is 10.8 Å². The second-order valence-electron chi connectivity index (χ2n) is 5.43. The fourth-order valence-corrected chi connectivity index (χ4v) is 2.60. The Balaban J connectivity index is 1.91. The molecule has 1 aliphatic rings. The number of rotatable bonds is 5. The largest absolute Gasteiger partial charge is 0.478 e. The number of carbonyl (C=O) groups is 1. The van der Waals surface area contributed by atoms with Gasteiger partial charge in [-0.2, -0.15) is 0 Å². The first kappa shape index (κ1) is 14.7. The summed E-state index contributed by atoms with van der Waals surface area (Å²) in [6, 6.07) is 5.26. The van der Waals surface area contributed by atoms with Gasteiger partial charge in [-0.15, -0.1) is 0 Å². The van der Waals surface area contributed by atoms with E-state index in [0.29, 0.717) is 11.7 Å². The molecule has 1 heterocycles. The van der Waals surface area contributed by atoms with Crippen LogP contribution in [0, 0.1) is 0 Å². The third kappa shape index (κ3) is 3.63. The van der Waals surface area contributed by atoms with E-state index in [1.54, 1.807) is 12.1 Å². The molecule has 110 valence electrons. The minimum absolute atomic E-state index is 0.220. The lowest BCUT2D eigenvalue weighted by Gasteiger charge is -2.32. The molecule has 1 aromatic carbocycles. The molecule has 1 unspecified atom stereocenters. The summed E-state index contributed by atoms with van der Waals surface area (Å²) in [6.45, 7) is 5.35. The minimum atomic E-state index is -0.954. The van der Waals surface area contributed by atoms with Gasteiger partial charge < -0.3 is 16.2 Å². The molecule has 0 bridgehead atoms. The predicted molar refractivity (Wildman–Crippen MR) is 81.2 cm³/mol. The number of likely N-dealkylation sites (tertiary alicyclic amines) is 1. The highest BCUT2D eigenvalue weighted by atomic mass is 16.4. The maximum atomic E-state index is 10.9. The molecule has 1 saturated heterocycles. The fraction of sp³-hybridized carbons (Fsp3) is 0.533. The molecule has 1 atom stereocenters. The van der Waals surface area contributed by atoms with Crippen molar-refractivity contribution in [2.24, 2.45) is 0 Å². The van der Waals surface area contributed by atoms with E-state index in [0.717, 1.165) is 25.3 Å². The van der Waals surface area contributed by atoms with Gasteiger partial charge in [-0.25, -0.2) is 4.79 Å². The number of hydrogen-bond donors (Lipinski definition) is 3. The van der Waals surface area contributed by atoms with Crippen LogP contribution in [0.4, 0.5) is 11.4 Å². The van der Waals surface area contributed by atoms with Gasteiger partial charge in [0.15, 0.2) is 0 Å². The molecule has 0 aliphatic carbocycles. The average molecular weight is 277 g/mol. The molecule has 0 radical (unpaired) electrons. The quantitative estimate of drug-likeness (QED) is 0.719. The van der Waals surface area contributed by atoms with Gasteiger partial charge in [0, 0.05) is 12.6 Å². The van der Waals surface area contributed by atoms with Crippen molar-refractivity contribution >= 4 is 17.3 Å². The molecular formula is C15H23N3O2. The number of nitrogen functional groups attached to an aromatic ring is 1. The van der Waals surface area contributed by atoms with Gasteiger partial charge in [0.1, 0.15) is 0 Å². The molecule has 1 aromatic rings. The maximum absolute atomic E-state index is 10.9. The first-order chi connectivity index (χ1) is 9.58. The molecule has 5 heteroatoms. The highest BCUT2D eigenvalue weighted by Crippen LogP contribution is 2.20. The number of benzene rings is 1. The molecule has 5 nitrogen and oxygen atoms in total. The summed E-state index contributed by atoms with van der Waals surface area (Å²) in [5, 5.41) is 12.2. The average Bonchev–Trinajstić information content (AvgIpc) is 2.46. The Hall–Kier alpha value is -1.75. The lowest BCUT2D eigenvalue weighted by atomic mass is 10.1. The van der Waals surface area contributed by atoms with Crippen LogP contribution in [-0.2, 0) is 0 Å². The number of hydrogen-bond acceptors (Lipinski definition) is 4. The molecule has 2 rings (SSSR count). The molecular weight excluding hydrogens is 254 g/mol. The third-order valence-corrected chi connectivity index (χ3v) is 3.90. The van der Waals surface area contributed by atoms with Gasteiger partial charge in [-0.05, 0) is 51.1 Å². The summed E-state index contributed by atoms with van der Waals surface area (Å²) >= 11 is 0. The van der Waals surface area contributed by atoms with Crippen LogP contribution < -0.4 is 11.1 Å². The summed E-state index contributed by atoms with van der Waals surface area (Å²) in [5.41, 5.74) is 7.39. The molecule has 4 N–H and O–H groups in total. The summed E-state index contributed by atoms with van der Waals surface area (Å²) < 4.78 is 0. The van der Waals surface area contributed by atoms with Crippen molar-refractivity contribution in [2.75, 3.05) is 30.7 Å². The first-order valence-electron chi connectivity index (χ1n) is 7.18. The standard InChI is InChI=1S/C15H23N3O2/c1-11(18-7-3-2-4-8-18)10-17-14-6-5-12(15(19)20)9-13(14)16/h5-6,9,11,17H,2-4,7-8,10,16H2,1H3,(H,19,20). The normalized spacial score (nSPS) is 17.6. The maximum Gasteiger partial charge on any atom is 0.335 e. The van der Waals surface area contributed by atoms with Gasteiger partial charge in [0.25, 0.3) is 0 Å². The number of nitrogens with one attached hydrogen (secondary N) is 1. The molecule has 1 fully saturated rings. The Morgan fingerprint density at radius 3 is 2.70 bits per heavy atom. The van der Waals surface area contributed by atoms with Crippen molar-refractivity contribution in [3.8, 4) is 0 Å². The van der Waals surface area contributed by atoms with E-state index in [2.05, 4.69) is 17.1 Å². The number of carboxylic acids is 1. The smallest absolute Gasteiger partial charge is 0.335 e. The van der Waals surface area contributed by atoms with Crippen LogP contribution in [0.1, 0.15) is 36.5 Å². The van der Waals surface area contributed by atoms with E-state index < -0.39 is 5.97 Å². The number of nitrogens with zero attached hydrogens (tertiary/aromatic N) is 1. The summed E-state index contributed by atoms with van der Waals surface area (Å²) in [6.07, 6.45) is 3.89. The third-order valence-electron chi connectivity index (χ3n) is 3.90. The zero-order chi connectivity index (χ0) is 14.5. The zero-order valence-corrected chi connectivity index (χ0v) is 11.9. The molecule has 0 amide bonds. The van der Waals surface area contributed by atoms with Crippen molar-refractivity contribution in [1.29, 1.82) is 0 Å². The van der Waals surface area contributed by atoms with Crippen LogP contribution in [0.15, 0.2) is 18.2 Å². The highest BCUT2D eigenvalue weighted by molar-refractivity contribution is 5.90. The number of piperidine rings is 1. The first-order valence-corrected chi connectivity index (χ1v) is 7.18. The lowest BCUT2D eigenvalue weighted by Crippen LogP contribution is -2.41. The SMILES string of the molecule is CC(CNc1ccc(C(=O)O)cc1N)N1CCCCC1. The van der Waals surface area contributed by atoms with E-state index in [-0.39, 0.29) is 5.56 Å². The van der Waals surface area contributed by atoms with Crippen molar-refractivity contribution in [3.05, 3.63) is 23.8 Å². The van der Waals surface area contributed by atoms with Gasteiger partial charge in [-0.3, -0.25) is 4.90 Å². The summed E-state index contributed by atoms with van der Waals surface area (Å²) in [4.78, 5) is 13.3. The van der Waals surface area contributed by atoms with Crippen LogP contribution >= 0.6 is 0 Å². The van der Waals surface area contributed by atoms with Crippen LogP contribution in [0.3, 0.4) is 0 Å². The van der Waals surface area contributed by atoms with E-state index in [1.165, 1.54) is 25.3 Å². The Morgan fingerprint density at radius 1 is 1.40 bits per heavy atom. The number of nitrogens with two attached hydrogens (primary N) is 1. The van der Waals surface area contributed by atoms with Crippen LogP contribution in [0.25, 0.3) is 0 Å². The predicted octanol–water partition coefficient (Wildman–Crippen LogP) is 2.25. The van der Waals surface area contributed by atoms with Crippen LogP contribution in [-0.4, -0.2) is 41.7 Å². The molecule has 0 aromatic heterocycles. The molecule has 20 heavy (non-hydrogen) atoms. The second kappa shape index (κ2) is 6.61. The Morgan fingerprint density at radius 2 is 2.10 bits per heavy atom. The topological polar surface area (TPSA) is 78.6 Å². The number of anilines is 2. The Kier molecular flexibility index (Phi) is 4.84. The summed E-state index contributed by atoms with van der Waals surface area (Å²) in [7, 11) is 0. The number of aromatic carboxylic acids is 1. The molecule has 0 spiro atoms. The Bertz CT molecular complexity index is 470. The van der Waals surface area contributed by atoms with Crippen LogP contribution in [0.2, 0.25) is 0 Å². The molecule has 1 aliphatic heterocycles. The van der Waals surface area contributed by atoms with Gasteiger partial charge in [-0.1, -0.05) is 6.42 Å². The Labute approximate surface area is 119 Å². The van der Waals surface area contributed by atoms with Gasteiger partial charge in [0.05, 0.1) is 16.9 Å². The van der Waals surface area contributed by atoms with Crippen molar-refractivity contribution in [2.45, 2.75) is 32.2 Å². The minimum Gasteiger partial charge on any atom is -0.478 e. The molecule has 0 saturated carbocycles. The number of carboxylic acid groups (broad SMARTS) is 1.